The molecule has 0 aliphatic heterocycles. The number of carboxylic acid groups (broad SMARTS) is 1. The number of carboxylic acids is 1. The summed E-state index contributed by atoms with van der Waals surface area (Å²) in [4.78, 5) is 11.0. The van der Waals surface area contributed by atoms with Gasteiger partial charge in [0, 0.05) is 6.04 Å². The van der Waals surface area contributed by atoms with Gasteiger partial charge in [0.15, 0.2) is 0 Å². The second kappa shape index (κ2) is 4.61. The summed E-state index contributed by atoms with van der Waals surface area (Å²) >= 11 is 0. The van der Waals surface area contributed by atoms with Gasteiger partial charge >= 0.3 is 5.97 Å². The van der Waals surface area contributed by atoms with Gasteiger partial charge in [0.2, 0.25) is 0 Å². The molecule has 0 aliphatic carbocycles. The summed E-state index contributed by atoms with van der Waals surface area (Å²) in [6.45, 7) is 9.73. The van der Waals surface area contributed by atoms with Gasteiger partial charge in [-0.2, -0.15) is 0 Å². The zero-order chi connectivity index (χ0) is 10.6. The Morgan fingerprint density at radius 3 is 2.08 bits per heavy atom. The molecule has 0 spiro atoms. The van der Waals surface area contributed by atoms with Crippen LogP contribution in [0.25, 0.3) is 0 Å². The zero-order valence-corrected chi connectivity index (χ0v) is 9.22. The van der Waals surface area contributed by atoms with E-state index in [4.69, 9.17) is 5.11 Å². The van der Waals surface area contributed by atoms with Crippen molar-refractivity contribution < 1.29 is 9.90 Å². The topological polar surface area (TPSA) is 49.3 Å². The molecule has 3 heteroatoms. The van der Waals surface area contributed by atoms with Crippen molar-refractivity contribution in [2.24, 2.45) is 5.92 Å². The van der Waals surface area contributed by atoms with Crippen LogP contribution in [0.4, 0.5) is 0 Å². The standard InChI is InChI=1S/C10H21NO2/c1-7(2)6-10(5,9(12)13)11-8(3)4/h7-8,11H,6H2,1-5H3,(H,12,13). The van der Waals surface area contributed by atoms with Gasteiger partial charge in [0.1, 0.15) is 5.54 Å². The Morgan fingerprint density at radius 2 is 1.85 bits per heavy atom. The Hall–Kier alpha value is -0.570. The molecule has 78 valence electrons. The monoisotopic (exact) mass is 187 g/mol. The van der Waals surface area contributed by atoms with E-state index in [9.17, 15) is 4.79 Å². The van der Waals surface area contributed by atoms with E-state index in [-0.39, 0.29) is 6.04 Å². The fraction of sp³-hybridized carbons (Fsp3) is 0.900. The van der Waals surface area contributed by atoms with Crippen molar-refractivity contribution >= 4 is 5.97 Å². The first kappa shape index (κ1) is 12.4. The lowest BCUT2D eigenvalue weighted by Crippen LogP contribution is -2.53. The van der Waals surface area contributed by atoms with E-state index in [0.717, 1.165) is 0 Å². The maximum absolute atomic E-state index is 11.0. The normalized spacial score (nSPS) is 16.2. The van der Waals surface area contributed by atoms with Gasteiger partial charge in [-0.15, -0.1) is 0 Å². The Bertz CT molecular complexity index is 166. The Kier molecular flexibility index (Phi) is 4.40. The average molecular weight is 187 g/mol. The van der Waals surface area contributed by atoms with Crippen LogP contribution in [0.3, 0.4) is 0 Å². The molecule has 3 nitrogen and oxygen atoms in total. The van der Waals surface area contributed by atoms with Crippen LogP contribution < -0.4 is 5.32 Å². The van der Waals surface area contributed by atoms with Crippen molar-refractivity contribution in [3.05, 3.63) is 0 Å². The molecule has 1 atom stereocenters. The molecular formula is C10H21NO2. The van der Waals surface area contributed by atoms with Crippen LogP contribution in [0, 0.1) is 5.92 Å². The van der Waals surface area contributed by atoms with Crippen molar-refractivity contribution in [2.45, 2.75) is 52.6 Å². The molecule has 13 heavy (non-hydrogen) atoms. The predicted octanol–water partition coefficient (Wildman–Crippen LogP) is 1.87. The molecule has 0 saturated heterocycles. The maximum atomic E-state index is 11.0. The number of aliphatic carboxylic acids is 1. The van der Waals surface area contributed by atoms with Crippen LogP contribution in [0.5, 0.6) is 0 Å². The van der Waals surface area contributed by atoms with Crippen molar-refractivity contribution in [3.8, 4) is 0 Å². The molecule has 1 unspecified atom stereocenters. The summed E-state index contributed by atoms with van der Waals surface area (Å²) in [5.41, 5.74) is -0.789. The van der Waals surface area contributed by atoms with E-state index in [2.05, 4.69) is 5.32 Å². The third-order valence-electron chi connectivity index (χ3n) is 1.90. The number of hydrogen-bond donors (Lipinski definition) is 2. The Morgan fingerprint density at radius 1 is 1.38 bits per heavy atom. The number of rotatable bonds is 5. The molecule has 0 saturated carbocycles. The minimum absolute atomic E-state index is 0.194. The molecular weight excluding hydrogens is 166 g/mol. The van der Waals surface area contributed by atoms with Crippen molar-refractivity contribution in [3.63, 3.8) is 0 Å². The second-order valence-corrected chi connectivity index (χ2v) is 4.53. The fourth-order valence-corrected chi connectivity index (χ4v) is 1.66. The molecule has 0 fully saturated rings. The summed E-state index contributed by atoms with van der Waals surface area (Å²) in [5, 5.41) is 12.2. The largest absolute Gasteiger partial charge is 0.480 e. The SMILES string of the molecule is CC(C)CC(C)(NC(C)C)C(=O)O. The fourth-order valence-electron chi connectivity index (χ4n) is 1.66. The van der Waals surface area contributed by atoms with Crippen LogP contribution in [-0.2, 0) is 4.79 Å². The third-order valence-corrected chi connectivity index (χ3v) is 1.90. The lowest BCUT2D eigenvalue weighted by Gasteiger charge is -2.30. The van der Waals surface area contributed by atoms with E-state index in [0.29, 0.717) is 12.3 Å². The summed E-state index contributed by atoms with van der Waals surface area (Å²) in [5.74, 6) is -0.387. The molecule has 0 aromatic carbocycles. The molecule has 0 amide bonds. The van der Waals surface area contributed by atoms with Crippen LogP contribution in [0.2, 0.25) is 0 Å². The van der Waals surface area contributed by atoms with E-state index >= 15 is 0 Å². The molecule has 2 N–H and O–H groups in total. The number of nitrogens with one attached hydrogen (secondary N) is 1. The van der Waals surface area contributed by atoms with Crippen LogP contribution in [0.15, 0.2) is 0 Å². The van der Waals surface area contributed by atoms with Crippen LogP contribution in [0.1, 0.15) is 41.0 Å². The average Bonchev–Trinajstić information content (AvgIpc) is 1.82. The Labute approximate surface area is 80.5 Å². The van der Waals surface area contributed by atoms with Crippen molar-refractivity contribution in [1.29, 1.82) is 0 Å². The highest BCUT2D eigenvalue weighted by molar-refractivity contribution is 5.78. The zero-order valence-electron chi connectivity index (χ0n) is 9.22. The van der Waals surface area contributed by atoms with Gasteiger partial charge in [-0.3, -0.25) is 10.1 Å². The lowest BCUT2D eigenvalue weighted by atomic mass is 9.90. The molecule has 0 aromatic rings. The van der Waals surface area contributed by atoms with Gasteiger partial charge in [0.25, 0.3) is 0 Å². The molecule has 0 aromatic heterocycles. The van der Waals surface area contributed by atoms with Gasteiger partial charge in [0.05, 0.1) is 0 Å². The van der Waals surface area contributed by atoms with Crippen molar-refractivity contribution in [2.75, 3.05) is 0 Å². The molecule has 0 rings (SSSR count). The van der Waals surface area contributed by atoms with E-state index < -0.39 is 11.5 Å². The Balaban J connectivity index is 4.43. The first-order valence-corrected chi connectivity index (χ1v) is 4.79. The quantitative estimate of drug-likeness (QED) is 0.691. The van der Waals surface area contributed by atoms with Crippen molar-refractivity contribution in [1.82, 2.24) is 5.32 Å². The van der Waals surface area contributed by atoms with E-state index in [1.807, 2.05) is 27.7 Å². The maximum Gasteiger partial charge on any atom is 0.323 e. The minimum Gasteiger partial charge on any atom is -0.480 e. The highest BCUT2D eigenvalue weighted by Crippen LogP contribution is 2.17. The highest BCUT2D eigenvalue weighted by atomic mass is 16.4. The van der Waals surface area contributed by atoms with Gasteiger partial charge < -0.3 is 5.11 Å². The van der Waals surface area contributed by atoms with E-state index in [1.54, 1.807) is 6.92 Å². The smallest absolute Gasteiger partial charge is 0.323 e. The lowest BCUT2D eigenvalue weighted by molar-refractivity contribution is -0.145. The molecule has 0 aliphatic rings. The van der Waals surface area contributed by atoms with Gasteiger partial charge in [-0.05, 0) is 33.1 Å². The van der Waals surface area contributed by atoms with Gasteiger partial charge in [-0.25, -0.2) is 0 Å². The summed E-state index contributed by atoms with van der Waals surface area (Å²) in [6.07, 6.45) is 0.653. The number of hydrogen-bond acceptors (Lipinski definition) is 2. The molecule has 0 radical (unpaired) electrons. The predicted molar refractivity (Wildman–Crippen MR) is 53.8 cm³/mol. The first-order valence-electron chi connectivity index (χ1n) is 4.79. The third kappa shape index (κ3) is 4.27. The van der Waals surface area contributed by atoms with Crippen LogP contribution in [-0.4, -0.2) is 22.7 Å². The number of carbonyl (C=O) groups is 1. The summed E-state index contributed by atoms with van der Waals surface area (Å²) in [6, 6.07) is 0.194. The highest BCUT2D eigenvalue weighted by Gasteiger charge is 2.33. The van der Waals surface area contributed by atoms with Crippen LogP contribution >= 0.6 is 0 Å². The minimum atomic E-state index is -0.789. The molecule has 0 bridgehead atoms. The summed E-state index contributed by atoms with van der Waals surface area (Å²) in [7, 11) is 0. The second-order valence-electron chi connectivity index (χ2n) is 4.53. The summed E-state index contributed by atoms with van der Waals surface area (Å²) < 4.78 is 0. The van der Waals surface area contributed by atoms with E-state index in [1.165, 1.54) is 0 Å². The van der Waals surface area contributed by atoms with Gasteiger partial charge in [-0.1, -0.05) is 13.8 Å². The first-order chi connectivity index (χ1) is 5.78. The molecule has 0 heterocycles.